The van der Waals surface area contributed by atoms with Crippen LogP contribution < -0.4 is 4.90 Å². The predicted molar refractivity (Wildman–Crippen MR) is 92.8 cm³/mol. The van der Waals surface area contributed by atoms with Crippen molar-refractivity contribution < 1.29 is 8.78 Å². The SMILES string of the molecule is CN(c1ncc(Br)cn1)C1CCN(Cc2cc(F)ccc2F)CC1. The van der Waals surface area contributed by atoms with Gasteiger partial charge in [-0.05, 0) is 47.0 Å². The molecule has 1 aromatic heterocycles. The van der Waals surface area contributed by atoms with Crippen molar-refractivity contribution in [1.29, 1.82) is 0 Å². The molecule has 3 rings (SSSR count). The van der Waals surface area contributed by atoms with E-state index >= 15 is 0 Å². The van der Waals surface area contributed by atoms with Gasteiger partial charge in [-0.25, -0.2) is 18.7 Å². The number of halogens is 3. The molecule has 1 aromatic carbocycles. The lowest BCUT2D eigenvalue weighted by molar-refractivity contribution is 0.200. The van der Waals surface area contributed by atoms with Crippen LogP contribution >= 0.6 is 15.9 Å². The molecule has 0 spiro atoms. The van der Waals surface area contributed by atoms with E-state index in [4.69, 9.17) is 0 Å². The molecule has 4 nitrogen and oxygen atoms in total. The van der Waals surface area contributed by atoms with E-state index in [1.54, 1.807) is 12.4 Å². The Labute approximate surface area is 148 Å². The maximum absolute atomic E-state index is 13.8. The Morgan fingerprint density at radius 3 is 2.54 bits per heavy atom. The lowest BCUT2D eigenvalue weighted by Crippen LogP contribution is -2.43. The summed E-state index contributed by atoms with van der Waals surface area (Å²) >= 11 is 3.33. The molecule has 1 fully saturated rings. The van der Waals surface area contributed by atoms with E-state index in [9.17, 15) is 8.78 Å². The molecule has 7 heteroatoms. The molecule has 0 atom stereocenters. The molecule has 2 heterocycles. The van der Waals surface area contributed by atoms with Crippen LogP contribution in [0.5, 0.6) is 0 Å². The molecule has 0 radical (unpaired) electrons. The fraction of sp³-hybridized carbons (Fsp3) is 0.412. The molecule has 1 aliphatic heterocycles. The minimum absolute atomic E-state index is 0.347. The van der Waals surface area contributed by atoms with Crippen molar-refractivity contribution in [2.45, 2.75) is 25.4 Å². The molecule has 0 saturated carbocycles. The van der Waals surface area contributed by atoms with Crippen molar-refractivity contribution in [3.63, 3.8) is 0 Å². The number of likely N-dealkylation sites (tertiary alicyclic amines) is 1. The number of piperidine rings is 1. The maximum atomic E-state index is 13.8. The third-order valence-electron chi connectivity index (χ3n) is 4.43. The first-order chi connectivity index (χ1) is 11.5. The van der Waals surface area contributed by atoms with Gasteiger partial charge in [0.25, 0.3) is 0 Å². The molecule has 1 saturated heterocycles. The van der Waals surface area contributed by atoms with Crippen LogP contribution in [-0.4, -0.2) is 41.0 Å². The summed E-state index contributed by atoms with van der Waals surface area (Å²) in [6.07, 6.45) is 5.35. The van der Waals surface area contributed by atoms with E-state index in [2.05, 4.69) is 35.7 Å². The van der Waals surface area contributed by atoms with Gasteiger partial charge in [-0.1, -0.05) is 0 Å². The predicted octanol–water partition coefficient (Wildman–Crippen LogP) is 3.62. The smallest absolute Gasteiger partial charge is 0.225 e. The van der Waals surface area contributed by atoms with Crippen LogP contribution in [0, 0.1) is 11.6 Å². The highest BCUT2D eigenvalue weighted by molar-refractivity contribution is 9.10. The molecule has 0 unspecified atom stereocenters. The summed E-state index contributed by atoms with van der Waals surface area (Å²) in [6.45, 7) is 2.11. The average Bonchev–Trinajstić information content (AvgIpc) is 2.59. The van der Waals surface area contributed by atoms with E-state index in [0.717, 1.165) is 36.5 Å². The highest BCUT2D eigenvalue weighted by Crippen LogP contribution is 2.22. The van der Waals surface area contributed by atoms with Crippen LogP contribution in [0.25, 0.3) is 0 Å². The van der Waals surface area contributed by atoms with Crippen molar-refractivity contribution in [2.75, 3.05) is 25.0 Å². The Bertz CT molecular complexity index is 687. The van der Waals surface area contributed by atoms with E-state index in [-0.39, 0.29) is 5.82 Å². The third kappa shape index (κ3) is 4.08. The van der Waals surface area contributed by atoms with Crippen molar-refractivity contribution in [3.8, 4) is 0 Å². The number of hydrogen-bond acceptors (Lipinski definition) is 4. The van der Waals surface area contributed by atoms with Gasteiger partial charge in [0.1, 0.15) is 11.6 Å². The molecular weight excluding hydrogens is 378 g/mol. The number of nitrogens with zero attached hydrogens (tertiary/aromatic N) is 4. The topological polar surface area (TPSA) is 32.3 Å². The van der Waals surface area contributed by atoms with Gasteiger partial charge >= 0.3 is 0 Å². The Balaban J connectivity index is 1.57. The van der Waals surface area contributed by atoms with Gasteiger partial charge in [-0.3, -0.25) is 4.90 Å². The Morgan fingerprint density at radius 1 is 1.21 bits per heavy atom. The van der Waals surface area contributed by atoms with E-state index < -0.39 is 5.82 Å². The fourth-order valence-corrected chi connectivity index (χ4v) is 3.23. The minimum Gasteiger partial charge on any atom is -0.341 e. The quantitative estimate of drug-likeness (QED) is 0.789. The van der Waals surface area contributed by atoms with Gasteiger partial charge in [0.05, 0.1) is 4.47 Å². The first-order valence-electron chi connectivity index (χ1n) is 7.89. The normalized spacial score (nSPS) is 16.3. The molecular formula is C17H19BrF2N4. The number of aromatic nitrogens is 2. The van der Waals surface area contributed by atoms with Gasteiger partial charge in [-0.15, -0.1) is 0 Å². The second-order valence-electron chi connectivity index (χ2n) is 6.06. The lowest BCUT2D eigenvalue weighted by atomic mass is 10.0. The van der Waals surface area contributed by atoms with Crippen LogP contribution in [-0.2, 0) is 6.54 Å². The largest absolute Gasteiger partial charge is 0.341 e. The Kier molecular flexibility index (Phi) is 5.40. The molecule has 0 amide bonds. The molecule has 0 N–H and O–H groups in total. The summed E-state index contributed by atoms with van der Waals surface area (Å²) in [5.74, 6) is -0.0415. The number of hydrogen-bond donors (Lipinski definition) is 0. The summed E-state index contributed by atoms with van der Waals surface area (Å²) in [5.41, 5.74) is 0.415. The Hall–Kier alpha value is -1.60. The van der Waals surface area contributed by atoms with Crippen LogP contribution in [0.1, 0.15) is 18.4 Å². The lowest BCUT2D eigenvalue weighted by Gasteiger charge is -2.36. The highest BCUT2D eigenvalue weighted by atomic mass is 79.9. The van der Waals surface area contributed by atoms with Gasteiger partial charge in [0.15, 0.2) is 0 Å². The number of anilines is 1. The summed E-state index contributed by atoms with van der Waals surface area (Å²) in [7, 11) is 2.00. The second-order valence-corrected chi connectivity index (χ2v) is 6.97. The highest BCUT2D eigenvalue weighted by Gasteiger charge is 2.24. The molecule has 0 bridgehead atoms. The van der Waals surface area contributed by atoms with Gasteiger partial charge in [0.2, 0.25) is 5.95 Å². The molecule has 2 aromatic rings. The Morgan fingerprint density at radius 2 is 1.88 bits per heavy atom. The zero-order valence-corrected chi connectivity index (χ0v) is 15.0. The number of rotatable bonds is 4. The molecule has 128 valence electrons. The zero-order valence-electron chi connectivity index (χ0n) is 13.4. The monoisotopic (exact) mass is 396 g/mol. The van der Waals surface area contributed by atoms with Crippen molar-refractivity contribution >= 4 is 21.9 Å². The van der Waals surface area contributed by atoms with Crippen LogP contribution in [0.4, 0.5) is 14.7 Å². The maximum Gasteiger partial charge on any atom is 0.225 e. The van der Waals surface area contributed by atoms with Crippen molar-refractivity contribution in [1.82, 2.24) is 14.9 Å². The summed E-state index contributed by atoms with van der Waals surface area (Å²) in [4.78, 5) is 12.9. The summed E-state index contributed by atoms with van der Waals surface area (Å²) in [5, 5.41) is 0. The van der Waals surface area contributed by atoms with Crippen molar-refractivity contribution in [3.05, 3.63) is 52.3 Å². The van der Waals surface area contributed by atoms with Crippen molar-refractivity contribution in [2.24, 2.45) is 0 Å². The van der Waals surface area contributed by atoms with Crippen LogP contribution in [0.15, 0.2) is 35.1 Å². The zero-order chi connectivity index (χ0) is 17.1. The standard InChI is InChI=1S/C17H19BrF2N4/c1-23(17-21-9-13(18)10-22-17)15-4-6-24(7-5-15)11-12-8-14(19)2-3-16(12)20/h2-3,8-10,15H,4-7,11H2,1H3. The molecule has 24 heavy (non-hydrogen) atoms. The van der Waals surface area contributed by atoms with Gasteiger partial charge in [0, 0.05) is 50.7 Å². The van der Waals surface area contributed by atoms with E-state index in [1.807, 2.05) is 7.05 Å². The minimum atomic E-state index is -0.395. The first-order valence-corrected chi connectivity index (χ1v) is 8.69. The van der Waals surface area contributed by atoms with Crippen LogP contribution in [0.3, 0.4) is 0 Å². The first kappa shape index (κ1) is 17.2. The average molecular weight is 397 g/mol. The van der Waals surface area contributed by atoms with Crippen LogP contribution in [0.2, 0.25) is 0 Å². The van der Waals surface area contributed by atoms with Gasteiger partial charge in [-0.2, -0.15) is 0 Å². The third-order valence-corrected chi connectivity index (χ3v) is 4.84. The fourth-order valence-electron chi connectivity index (χ4n) is 3.02. The number of benzene rings is 1. The summed E-state index contributed by atoms with van der Waals surface area (Å²) in [6, 6.07) is 3.97. The van der Waals surface area contributed by atoms with Gasteiger partial charge < -0.3 is 4.90 Å². The molecule has 0 aliphatic carbocycles. The second kappa shape index (κ2) is 7.53. The summed E-state index contributed by atoms with van der Waals surface area (Å²) < 4.78 is 27.9. The van der Waals surface area contributed by atoms with E-state index in [0.29, 0.717) is 24.1 Å². The van der Waals surface area contributed by atoms with E-state index in [1.165, 1.54) is 12.1 Å². The molecule has 1 aliphatic rings.